The fourth-order valence-corrected chi connectivity index (χ4v) is 3.45. The van der Waals surface area contributed by atoms with Gasteiger partial charge in [0, 0.05) is 17.1 Å². The van der Waals surface area contributed by atoms with Crippen LogP contribution < -0.4 is 5.32 Å². The molecule has 0 radical (unpaired) electrons. The highest BCUT2D eigenvalue weighted by Gasteiger charge is 2.12. The largest absolute Gasteiger partial charge is 0.348 e. The van der Waals surface area contributed by atoms with Gasteiger partial charge in [-0.1, -0.05) is 41.9 Å². The highest BCUT2D eigenvalue weighted by atomic mass is 35.5. The number of nitrogens with zero attached hydrogens (tertiary/aromatic N) is 2. The Morgan fingerprint density at radius 1 is 1.07 bits per heavy atom. The second-order valence-corrected chi connectivity index (χ2v) is 7.29. The van der Waals surface area contributed by atoms with Gasteiger partial charge in [-0.15, -0.1) is 0 Å². The van der Waals surface area contributed by atoms with Crippen LogP contribution in [0.15, 0.2) is 67.0 Å². The molecule has 28 heavy (non-hydrogen) atoms. The number of aromatic nitrogens is 2. The van der Waals surface area contributed by atoms with Crippen LogP contribution in [0.2, 0.25) is 5.02 Å². The summed E-state index contributed by atoms with van der Waals surface area (Å²) in [6.07, 6.45) is 1.80. The van der Waals surface area contributed by atoms with Crippen molar-refractivity contribution in [2.45, 2.75) is 20.4 Å². The highest BCUT2D eigenvalue weighted by Crippen LogP contribution is 2.23. The molecular formula is C23H20ClN3O. The zero-order chi connectivity index (χ0) is 19.7. The maximum atomic E-state index is 12.6. The standard InChI is InChI=1S/C23H20ClN3O/c1-15-7-8-16(2)22(11-15)27-14-26-20-12-17(9-10-21(20)27)23(28)25-13-18-5-3-4-6-19(18)24/h3-12,14H,13H2,1-2H3,(H,25,28). The summed E-state index contributed by atoms with van der Waals surface area (Å²) in [7, 11) is 0. The van der Waals surface area contributed by atoms with Gasteiger partial charge in [0.15, 0.2) is 0 Å². The van der Waals surface area contributed by atoms with E-state index in [1.165, 1.54) is 11.1 Å². The first-order chi connectivity index (χ1) is 13.5. The first kappa shape index (κ1) is 18.3. The summed E-state index contributed by atoms with van der Waals surface area (Å²) < 4.78 is 2.06. The number of fused-ring (bicyclic) bond motifs is 1. The molecule has 0 aliphatic rings. The molecule has 0 saturated carbocycles. The fourth-order valence-electron chi connectivity index (χ4n) is 3.24. The van der Waals surface area contributed by atoms with Crippen LogP contribution >= 0.6 is 11.6 Å². The lowest BCUT2D eigenvalue weighted by Crippen LogP contribution is -2.22. The molecule has 1 heterocycles. The van der Waals surface area contributed by atoms with Crippen molar-refractivity contribution in [3.05, 3.63) is 94.3 Å². The van der Waals surface area contributed by atoms with Crippen LogP contribution in [0.4, 0.5) is 0 Å². The molecule has 5 heteroatoms. The van der Waals surface area contributed by atoms with E-state index >= 15 is 0 Å². The summed E-state index contributed by atoms with van der Waals surface area (Å²) in [6.45, 7) is 4.54. The summed E-state index contributed by atoms with van der Waals surface area (Å²) in [4.78, 5) is 17.1. The number of nitrogens with one attached hydrogen (secondary N) is 1. The third kappa shape index (κ3) is 3.51. The lowest BCUT2D eigenvalue weighted by Gasteiger charge is -2.10. The predicted octanol–water partition coefficient (Wildman–Crippen LogP) is 5.23. The second kappa shape index (κ2) is 7.49. The quantitative estimate of drug-likeness (QED) is 0.519. The summed E-state index contributed by atoms with van der Waals surface area (Å²) >= 11 is 6.15. The maximum absolute atomic E-state index is 12.6. The smallest absolute Gasteiger partial charge is 0.251 e. The molecule has 4 aromatic rings. The molecule has 4 nitrogen and oxygen atoms in total. The van der Waals surface area contributed by atoms with Gasteiger partial charge in [-0.25, -0.2) is 4.98 Å². The minimum atomic E-state index is -0.150. The minimum Gasteiger partial charge on any atom is -0.348 e. The number of hydrogen-bond donors (Lipinski definition) is 1. The zero-order valence-electron chi connectivity index (χ0n) is 15.7. The van der Waals surface area contributed by atoms with E-state index in [1.807, 2.05) is 42.5 Å². The van der Waals surface area contributed by atoms with Crippen LogP contribution in [0.1, 0.15) is 27.0 Å². The molecule has 1 aromatic heterocycles. The first-order valence-electron chi connectivity index (χ1n) is 9.09. The third-order valence-corrected chi connectivity index (χ3v) is 5.20. The Bertz CT molecular complexity index is 1180. The Kier molecular flexibility index (Phi) is 4.88. The molecule has 0 spiro atoms. The van der Waals surface area contributed by atoms with Gasteiger partial charge in [0.2, 0.25) is 0 Å². The van der Waals surface area contributed by atoms with Crippen LogP contribution in [0, 0.1) is 13.8 Å². The van der Waals surface area contributed by atoms with Crippen molar-refractivity contribution in [1.29, 1.82) is 0 Å². The van der Waals surface area contributed by atoms with E-state index in [0.717, 1.165) is 22.3 Å². The van der Waals surface area contributed by atoms with E-state index in [0.29, 0.717) is 17.1 Å². The maximum Gasteiger partial charge on any atom is 0.251 e. The van der Waals surface area contributed by atoms with Crippen LogP contribution in [-0.4, -0.2) is 15.5 Å². The molecule has 0 fully saturated rings. The van der Waals surface area contributed by atoms with E-state index in [4.69, 9.17) is 11.6 Å². The monoisotopic (exact) mass is 389 g/mol. The lowest BCUT2D eigenvalue weighted by atomic mass is 10.1. The molecule has 0 unspecified atom stereocenters. The number of carbonyl (C=O) groups excluding carboxylic acids is 1. The van der Waals surface area contributed by atoms with Crippen molar-refractivity contribution in [3.8, 4) is 5.69 Å². The van der Waals surface area contributed by atoms with E-state index in [2.05, 4.69) is 46.9 Å². The van der Waals surface area contributed by atoms with E-state index in [-0.39, 0.29) is 5.91 Å². The molecule has 1 amide bonds. The lowest BCUT2D eigenvalue weighted by molar-refractivity contribution is 0.0951. The van der Waals surface area contributed by atoms with Gasteiger partial charge in [0.05, 0.1) is 16.7 Å². The Hall–Kier alpha value is -3.11. The molecule has 1 N–H and O–H groups in total. The molecule has 3 aromatic carbocycles. The summed E-state index contributed by atoms with van der Waals surface area (Å²) in [5, 5.41) is 3.56. The van der Waals surface area contributed by atoms with Gasteiger partial charge in [-0.2, -0.15) is 0 Å². The van der Waals surface area contributed by atoms with Gasteiger partial charge >= 0.3 is 0 Å². The third-order valence-electron chi connectivity index (χ3n) is 4.83. The Morgan fingerprint density at radius 3 is 2.71 bits per heavy atom. The molecule has 0 bridgehead atoms. The van der Waals surface area contributed by atoms with Gasteiger partial charge in [0.25, 0.3) is 5.91 Å². The number of rotatable bonds is 4. The van der Waals surface area contributed by atoms with Crippen LogP contribution in [0.25, 0.3) is 16.7 Å². The molecule has 140 valence electrons. The number of amides is 1. The second-order valence-electron chi connectivity index (χ2n) is 6.88. The number of benzene rings is 3. The average Bonchev–Trinajstić information content (AvgIpc) is 3.12. The minimum absolute atomic E-state index is 0.150. The summed E-state index contributed by atoms with van der Waals surface area (Å²) in [6, 6.07) is 19.4. The van der Waals surface area contributed by atoms with Crippen molar-refractivity contribution in [1.82, 2.24) is 14.9 Å². The topological polar surface area (TPSA) is 46.9 Å². The normalized spacial score (nSPS) is 11.0. The van der Waals surface area contributed by atoms with Crippen LogP contribution in [-0.2, 0) is 6.54 Å². The molecule has 0 atom stereocenters. The molecule has 0 aliphatic carbocycles. The van der Waals surface area contributed by atoms with E-state index < -0.39 is 0 Å². The molecule has 0 saturated heterocycles. The number of imidazole rings is 1. The van der Waals surface area contributed by atoms with E-state index in [1.54, 1.807) is 6.33 Å². The highest BCUT2D eigenvalue weighted by molar-refractivity contribution is 6.31. The number of hydrogen-bond acceptors (Lipinski definition) is 2. The zero-order valence-corrected chi connectivity index (χ0v) is 16.5. The van der Waals surface area contributed by atoms with Crippen molar-refractivity contribution in [2.24, 2.45) is 0 Å². The van der Waals surface area contributed by atoms with Gasteiger partial charge in [-0.3, -0.25) is 9.36 Å². The Morgan fingerprint density at radius 2 is 1.89 bits per heavy atom. The predicted molar refractivity (Wildman–Crippen MR) is 113 cm³/mol. The number of aryl methyl sites for hydroxylation is 2. The number of halogens is 1. The van der Waals surface area contributed by atoms with Gasteiger partial charge < -0.3 is 5.32 Å². The van der Waals surface area contributed by atoms with Crippen molar-refractivity contribution >= 4 is 28.5 Å². The van der Waals surface area contributed by atoms with Crippen molar-refractivity contribution < 1.29 is 4.79 Å². The summed E-state index contributed by atoms with van der Waals surface area (Å²) in [5.74, 6) is -0.150. The van der Waals surface area contributed by atoms with Gasteiger partial charge in [0.1, 0.15) is 6.33 Å². The fraction of sp³-hybridized carbons (Fsp3) is 0.130. The van der Waals surface area contributed by atoms with Crippen LogP contribution in [0.3, 0.4) is 0 Å². The van der Waals surface area contributed by atoms with Crippen molar-refractivity contribution in [2.75, 3.05) is 0 Å². The average molecular weight is 390 g/mol. The SMILES string of the molecule is Cc1ccc(C)c(-n2cnc3cc(C(=O)NCc4ccccc4Cl)ccc32)c1. The van der Waals surface area contributed by atoms with Gasteiger partial charge in [-0.05, 0) is 60.9 Å². The molecule has 0 aliphatic heterocycles. The van der Waals surface area contributed by atoms with Crippen LogP contribution in [0.5, 0.6) is 0 Å². The number of carbonyl (C=O) groups is 1. The van der Waals surface area contributed by atoms with Crippen molar-refractivity contribution in [3.63, 3.8) is 0 Å². The first-order valence-corrected chi connectivity index (χ1v) is 9.47. The molecule has 4 rings (SSSR count). The Labute approximate surface area is 168 Å². The molecular weight excluding hydrogens is 370 g/mol. The van der Waals surface area contributed by atoms with E-state index in [9.17, 15) is 4.79 Å². The summed E-state index contributed by atoms with van der Waals surface area (Å²) in [5.41, 5.74) is 6.68. The Balaban J connectivity index is 1.60.